The van der Waals surface area contributed by atoms with Gasteiger partial charge in [-0.2, -0.15) is 4.31 Å². The van der Waals surface area contributed by atoms with Gasteiger partial charge in [0.05, 0.1) is 17.0 Å². The Morgan fingerprint density at radius 2 is 2.12 bits per heavy atom. The molecule has 0 spiro atoms. The molecule has 1 aliphatic rings. The van der Waals surface area contributed by atoms with E-state index in [1.54, 1.807) is 6.92 Å². The highest BCUT2D eigenvalue weighted by Gasteiger charge is 2.39. The molecule has 0 aliphatic carbocycles. The number of alkyl halides is 1. The summed E-state index contributed by atoms with van der Waals surface area (Å²) in [4.78, 5) is 0. The van der Waals surface area contributed by atoms with Gasteiger partial charge in [0, 0.05) is 19.0 Å². The van der Waals surface area contributed by atoms with E-state index in [1.807, 2.05) is 20.8 Å². The number of halogens is 1. The Kier molecular flexibility index (Phi) is 4.27. The summed E-state index contributed by atoms with van der Waals surface area (Å²) in [6.45, 7) is 8.12. The number of nitrogens with zero attached hydrogens (tertiary/aromatic N) is 1. The lowest BCUT2D eigenvalue weighted by Crippen LogP contribution is -2.55. The van der Waals surface area contributed by atoms with Gasteiger partial charge < -0.3 is 4.74 Å². The molecule has 6 heteroatoms. The molecule has 1 rings (SSSR count). The lowest BCUT2D eigenvalue weighted by Gasteiger charge is -2.41. The number of hydrogen-bond donors (Lipinski definition) is 0. The molecular weight excluding hydrogens is 250 g/mol. The van der Waals surface area contributed by atoms with E-state index in [-0.39, 0.29) is 12.0 Å². The van der Waals surface area contributed by atoms with Crippen molar-refractivity contribution in [2.75, 3.05) is 19.0 Å². The summed E-state index contributed by atoms with van der Waals surface area (Å²) in [7, 11) is -3.29. The molecule has 1 saturated heterocycles. The molecule has 1 heterocycles. The first-order valence-electron chi connectivity index (χ1n) is 5.42. The Morgan fingerprint density at radius 1 is 1.56 bits per heavy atom. The van der Waals surface area contributed by atoms with Crippen molar-refractivity contribution in [2.24, 2.45) is 0 Å². The van der Waals surface area contributed by atoms with Crippen LogP contribution >= 0.6 is 11.6 Å². The van der Waals surface area contributed by atoms with Crippen molar-refractivity contribution in [1.29, 1.82) is 0 Å². The van der Waals surface area contributed by atoms with Crippen LogP contribution in [0.15, 0.2) is 0 Å². The first kappa shape index (κ1) is 14.2. The van der Waals surface area contributed by atoms with Gasteiger partial charge in [-0.1, -0.05) is 0 Å². The van der Waals surface area contributed by atoms with Crippen molar-refractivity contribution >= 4 is 21.6 Å². The lowest BCUT2D eigenvalue weighted by atomic mass is 10.1. The van der Waals surface area contributed by atoms with Gasteiger partial charge in [-0.15, -0.1) is 11.6 Å². The predicted octanol–water partition coefficient (Wildman–Crippen LogP) is 1.44. The fourth-order valence-electron chi connectivity index (χ4n) is 1.92. The largest absolute Gasteiger partial charge is 0.370 e. The number of morpholine rings is 1. The van der Waals surface area contributed by atoms with Crippen LogP contribution in [-0.4, -0.2) is 48.6 Å². The Labute approximate surface area is 103 Å². The molecule has 0 aromatic rings. The maximum absolute atomic E-state index is 12.1. The van der Waals surface area contributed by atoms with Crippen molar-refractivity contribution in [1.82, 2.24) is 4.31 Å². The van der Waals surface area contributed by atoms with Crippen LogP contribution in [0, 0.1) is 0 Å². The van der Waals surface area contributed by atoms with Crippen LogP contribution in [0.3, 0.4) is 0 Å². The van der Waals surface area contributed by atoms with Crippen molar-refractivity contribution < 1.29 is 13.2 Å². The standard InChI is InChI=1S/C10H20ClNO3S/c1-8-6-12(7-10(3,4)15-8)16(13,14)9(2)5-11/h8-9H,5-7H2,1-4H3. The number of sulfonamides is 1. The van der Waals surface area contributed by atoms with Crippen LogP contribution in [0.4, 0.5) is 0 Å². The van der Waals surface area contributed by atoms with Gasteiger partial charge in [0.1, 0.15) is 0 Å². The highest BCUT2D eigenvalue weighted by atomic mass is 35.5. The molecule has 4 nitrogen and oxygen atoms in total. The molecule has 2 unspecified atom stereocenters. The lowest BCUT2D eigenvalue weighted by molar-refractivity contribution is -0.109. The molecule has 1 aliphatic heterocycles. The maximum Gasteiger partial charge on any atom is 0.218 e. The fourth-order valence-corrected chi connectivity index (χ4v) is 3.98. The van der Waals surface area contributed by atoms with Crippen molar-refractivity contribution in [3.63, 3.8) is 0 Å². The number of rotatable bonds is 3. The number of hydrogen-bond acceptors (Lipinski definition) is 3. The Balaban J connectivity index is 2.88. The summed E-state index contributed by atoms with van der Waals surface area (Å²) in [5.74, 6) is 0.120. The average Bonchev–Trinajstić information content (AvgIpc) is 2.13. The molecule has 16 heavy (non-hydrogen) atoms. The van der Waals surface area contributed by atoms with Gasteiger partial charge >= 0.3 is 0 Å². The third-order valence-electron chi connectivity index (χ3n) is 2.62. The van der Waals surface area contributed by atoms with E-state index in [0.717, 1.165) is 0 Å². The van der Waals surface area contributed by atoms with Crippen LogP contribution < -0.4 is 0 Å². The topological polar surface area (TPSA) is 46.6 Å². The van der Waals surface area contributed by atoms with Gasteiger partial charge in [-0.25, -0.2) is 8.42 Å². The minimum atomic E-state index is -3.29. The van der Waals surface area contributed by atoms with Gasteiger partial charge in [0.2, 0.25) is 10.0 Å². The zero-order valence-corrected chi connectivity index (χ0v) is 11.8. The third-order valence-corrected chi connectivity index (χ3v) is 5.45. The van der Waals surface area contributed by atoms with Crippen LogP contribution in [-0.2, 0) is 14.8 Å². The van der Waals surface area contributed by atoms with Crippen LogP contribution in [0.1, 0.15) is 27.7 Å². The Hall–Kier alpha value is 0.160. The van der Waals surface area contributed by atoms with E-state index in [4.69, 9.17) is 16.3 Å². The highest BCUT2D eigenvalue weighted by molar-refractivity contribution is 7.89. The normalized spacial score (nSPS) is 28.9. The van der Waals surface area contributed by atoms with E-state index in [9.17, 15) is 8.42 Å². The summed E-state index contributed by atoms with van der Waals surface area (Å²) < 4.78 is 31.4. The number of ether oxygens (including phenoxy) is 1. The van der Waals surface area contributed by atoms with Gasteiger partial charge in [0.15, 0.2) is 0 Å². The van der Waals surface area contributed by atoms with Crippen LogP contribution in [0.25, 0.3) is 0 Å². The molecular formula is C10H20ClNO3S. The van der Waals surface area contributed by atoms with Gasteiger partial charge in [-0.3, -0.25) is 0 Å². The quantitative estimate of drug-likeness (QED) is 0.729. The molecule has 0 saturated carbocycles. The van der Waals surface area contributed by atoms with Crippen molar-refractivity contribution in [3.05, 3.63) is 0 Å². The van der Waals surface area contributed by atoms with Gasteiger partial charge in [-0.05, 0) is 27.7 Å². The van der Waals surface area contributed by atoms with E-state index >= 15 is 0 Å². The van der Waals surface area contributed by atoms with Crippen LogP contribution in [0.5, 0.6) is 0 Å². The van der Waals surface area contributed by atoms with Crippen LogP contribution in [0.2, 0.25) is 0 Å². The van der Waals surface area contributed by atoms with Gasteiger partial charge in [0.25, 0.3) is 0 Å². The minimum absolute atomic E-state index is 0.0824. The van der Waals surface area contributed by atoms with E-state index in [1.165, 1.54) is 4.31 Å². The highest BCUT2D eigenvalue weighted by Crippen LogP contribution is 2.24. The first-order valence-corrected chi connectivity index (χ1v) is 7.45. The van der Waals surface area contributed by atoms with E-state index in [0.29, 0.717) is 13.1 Å². The second-order valence-corrected chi connectivity index (χ2v) is 7.65. The maximum atomic E-state index is 12.1. The Bertz CT molecular complexity index is 342. The second-order valence-electron chi connectivity index (χ2n) is 4.99. The van der Waals surface area contributed by atoms with E-state index in [2.05, 4.69) is 0 Å². The summed E-state index contributed by atoms with van der Waals surface area (Å²) in [6.07, 6.45) is -0.0824. The molecule has 0 aromatic carbocycles. The molecule has 0 aromatic heterocycles. The molecule has 0 amide bonds. The third kappa shape index (κ3) is 3.09. The molecule has 0 bridgehead atoms. The average molecular weight is 270 g/mol. The monoisotopic (exact) mass is 269 g/mol. The molecule has 0 radical (unpaired) electrons. The fraction of sp³-hybridized carbons (Fsp3) is 1.00. The predicted molar refractivity (Wildman–Crippen MR) is 65.3 cm³/mol. The zero-order chi connectivity index (χ0) is 12.6. The molecule has 96 valence electrons. The van der Waals surface area contributed by atoms with E-state index < -0.39 is 20.9 Å². The summed E-state index contributed by atoms with van der Waals surface area (Å²) >= 11 is 5.63. The molecule has 2 atom stereocenters. The summed E-state index contributed by atoms with van der Waals surface area (Å²) in [5, 5.41) is -0.546. The molecule has 0 N–H and O–H groups in total. The molecule has 1 fully saturated rings. The summed E-state index contributed by atoms with van der Waals surface area (Å²) in [5.41, 5.74) is -0.434. The zero-order valence-electron chi connectivity index (χ0n) is 10.2. The van der Waals surface area contributed by atoms with Crippen molar-refractivity contribution in [3.8, 4) is 0 Å². The smallest absolute Gasteiger partial charge is 0.218 e. The first-order chi connectivity index (χ1) is 7.19. The second kappa shape index (κ2) is 4.80. The summed E-state index contributed by atoms with van der Waals surface area (Å²) in [6, 6.07) is 0. The SMILES string of the molecule is CC1CN(S(=O)(=O)C(C)CCl)CC(C)(C)O1. The minimum Gasteiger partial charge on any atom is -0.370 e. The van der Waals surface area contributed by atoms with Crippen molar-refractivity contribution in [2.45, 2.75) is 44.6 Å². The Morgan fingerprint density at radius 3 is 2.56 bits per heavy atom.